The van der Waals surface area contributed by atoms with Crippen molar-refractivity contribution in [1.82, 2.24) is 5.32 Å². The van der Waals surface area contributed by atoms with Gasteiger partial charge in [-0.2, -0.15) is 8.42 Å². The molecule has 12 nitrogen and oxygen atoms in total. The maximum absolute atomic E-state index is 13.1. The number of carbonyl (C=O) groups excluding carboxylic acids is 1. The molecule has 1 aliphatic rings. The summed E-state index contributed by atoms with van der Waals surface area (Å²) in [6.45, 7) is 3.41. The first-order chi connectivity index (χ1) is 34.5. The largest absolute Gasteiger partial charge is 0.397 e. The molecule has 0 bridgehead atoms. The molecule has 0 saturated carbocycles. The topological polar surface area (TPSA) is 192 Å². The van der Waals surface area contributed by atoms with E-state index in [4.69, 9.17) is 9.47 Å². The van der Waals surface area contributed by atoms with Crippen LogP contribution in [0, 0.1) is 0 Å². The van der Waals surface area contributed by atoms with Gasteiger partial charge in [0, 0.05) is 6.42 Å². The van der Waals surface area contributed by atoms with E-state index in [-0.39, 0.29) is 18.9 Å². The first kappa shape index (κ1) is 67.6. The third kappa shape index (κ3) is 40.6. The number of ether oxygens (including phenoxy) is 2. The van der Waals surface area contributed by atoms with Gasteiger partial charge in [-0.1, -0.05) is 256 Å². The van der Waals surface area contributed by atoms with Crippen LogP contribution in [0.5, 0.6) is 0 Å². The number of allylic oxidation sites excluding steroid dienone is 3. The fourth-order valence-corrected chi connectivity index (χ4v) is 10.1. The third-order valence-corrected chi connectivity index (χ3v) is 14.7. The summed E-state index contributed by atoms with van der Waals surface area (Å²) in [5.41, 5.74) is 0. The van der Waals surface area contributed by atoms with Crippen molar-refractivity contribution < 1.29 is 51.8 Å². The smallest absolute Gasteiger partial charge is 0.394 e. The SMILES string of the molecule is CCCCCCCCCCCCC/C=C/C(O)C(COC1OC(CO)C(O)C(OS(=O)(=O)O)C1O)NC(=O)CCCCCCCCCCCCCCCCC/C=C\CCCCCCCCCCCCCC. The first-order valence-electron chi connectivity index (χ1n) is 29.7. The van der Waals surface area contributed by atoms with Gasteiger partial charge in [-0.15, -0.1) is 0 Å². The highest BCUT2D eigenvalue weighted by molar-refractivity contribution is 7.80. The highest BCUT2D eigenvalue weighted by Gasteiger charge is 2.48. The summed E-state index contributed by atoms with van der Waals surface area (Å²) in [6.07, 6.45) is 51.0. The molecule has 1 amide bonds. The van der Waals surface area contributed by atoms with Crippen LogP contribution in [-0.4, -0.2) is 95.4 Å². The van der Waals surface area contributed by atoms with Crippen LogP contribution in [0.4, 0.5) is 0 Å². The van der Waals surface area contributed by atoms with Crippen molar-refractivity contribution in [3.8, 4) is 0 Å². The normalized spacial score (nSPS) is 19.6. The molecule has 0 aromatic carbocycles. The first-order valence-corrected chi connectivity index (χ1v) is 31.1. The summed E-state index contributed by atoms with van der Waals surface area (Å²) in [7, 11) is -5.09. The van der Waals surface area contributed by atoms with Crippen molar-refractivity contribution in [2.24, 2.45) is 0 Å². The average molecular weight is 1030 g/mol. The standard InChI is InChI=1S/C58H111NO11S/c1-3-5-7-9-11-13-15-17-18-19-20-21-22-23-24-25-26-27-28-29-30-31-32-33-34-36-38-40-42-44-46-48-54(62)59-51(52(61)47-45-43-41-39-37-35-16-14-12-10-8-6-4-2)50-68-58-56(64)57(70-71(65,66)67)55(63)53(49-60)69-58/h23-24,45,47,51-53,55-58,60-61,63-64H,3-22,25-44,46,48-50H2,1-2H3,(H,59,62)(H,65,66,67)/b24-23-,47-45+. The molecule has 7 unspecified atom stereocenters. The summed E-state index contributed by atoms with van der Waals surface area (Å²) >= 11 is 0. The summed E-state index contributed by atoms with van der Waals surface area (Å²) in [4.78, 5) is 13.1. The summed E-state index contributed by atoms with van der Waals surface area (Å²) in [5.74, 6) is -0.259. The van der Waals surface area contributed by atoms with E-state index in [0.717, 1.165) is 38.5 Å². The number of hydrogen-bond acceptors (Lipinski definition) is 10. The number of carbonyl (C=O) groups is 1. The lowest BCUT2D eigenvalue weighted by atomic mass is 9.99. The Labute approximate surface area is 435 Å². The second-order valence-electron chi connectivity index (χ2n) is 20.9. The van der Waals surface area contributed by atoms with E-state index in [2.05, 4.69) is 35.5 Å². The molecule has 1 heterocycles. The highest BCUT2D eigenvalue weighted by atomic mass is 32.3. The molecule has 1 aliphatic heterocycles. The van der Waals surface area contributed by atoms with Gasteiger partial charge >= 0.3 is 10.4 Å². The zero-order chi connectivity index (χ0) is 51.9. The van der Waals surface area contributed by atoms with Gasteiger partial charge in [0.1, 0.15) is 24.4 Å². The van der Waals surface area contributed by atoms with Gasteiger partial charge in [-0.05, 0) is 44.9 Å². The van der Waals surface area contributed by atoms with Gasteiger partial charge in [-0.25, -0.2) is 4.18 Å². The van der Waals surface area contributed by atoms with E-state index in [0.29, 0.717) is 6.42 Å². The molecule has 0 spiro atoms. The van der Waals surface area contributed by atoms with E-state index >= 15 is 0 Å². The summed E-state index contributed by atoms with van der Waals surface area (Å²) in [6, 6.07) is -0.941. The molecule has 6 N–H and O–H groups in total. The van der Waals surface area contributed by atoms with Crippen LogP contribution in [0.25, 0.3) is 0 Å². The monoisotopic (exact) mass is 1030 g/mol. The van der Waals surface area contributed by atoms with Gasteiger partial charge < -0.3 is 35.2 Å². The molecule has 71 heavy (non-hydrogen) atoms. The fourth-order valence-electron chi connectivity index (χ4n) is 9.63. The summed E-state index contributed by atoms with van der Waals surface area (Å²) in [5, 5.41) is 44.9. The predicted molar refractivity (Wildman–Crippen MR) is 292 cm³/mol. The van der Waals surface area contributed by atoms with Crippen LogP contribution in [0.3, 0.4) is 0 Å². The molecule has 0 aromatic rings. The Morgan fingerprint density at radius 2 is 0.901 bits per heavy atom. The van der Waals surface area contributed by atoms with E-state index in [9.17, 15) is 38.2 Å². The van der Waals surface area contributed by atoms with Crippen molar-refractivity contribution in [1.29, 1.82) is 0 Å². The Hall–Kier alpha value is -1.42. The van der Waals surface area contributed by atoms with Crippen molar-refractivity contribution in [3.63, 3.8) is 0 Å². The molecule has 1 rings (SSSR count). The number of unbranched alkanes of at least 4 members (excludes halogenated alkanes) is 38. The van der Waals surface area contributed by atoms with E-state index < -0.39 is 59.9 Å². The van der Waals surface area contributed by atoms with Gasteiger partial charge in [0.05, 0.1) is 25.4 Å². The lowest BCUT2D eigenvalue weighted by Crippen LogP contribution is -2.61. The molecular weight excluding hydrogens is 919 g/mol. The van der Waals surface area contributed by atoms with Gasteiger partial charge in [0.25, 0.3) is 0 Å². The lowest BCUT2D eigenvalue weighted by Gasteiger charge is -2.41. The molecular formula is C58H111NO11S. The minimum atomic E-state index is -5.09. The minimum Gasteiger partial charge on any atom is -0.394 e. The van der Waals surface area contributed by atoms with Crippen molar-refractivity contribution >= 4 is 16.3 Å². The van der Waals surface area contributed by atoms with Gasteiger partial charge in [0.2, 0.25) is 5.91 Å². The Morgan fingerprint density at radius 1 is 0.549 bits per heavy atom. The van der Waals surface area contributed by atoms with Crippen LogP contribution in [-0.2, 0) is 28.9 Å². The van der Waals surface area contributed by atoms with Crippen LogP contribution >= 0.6 is 0 Å². The second-order valence-corrected chi connectivity index (χ2v) is 22.0. The van der Waals surface area contributed by atoms with Crippen molar-refractivity contribution in [2.45, 2.75) is 326 Å². The lowest BCUT2D eigenvalue weighted by molar-refractivity contribution is -0.298. The number of aliphatic hydroxyl groups excluding tert-OH is 4. The Morgan fingerprint density at radius 3 is 1.27 bits per heavy atom. The number of nitrogens with one attached hydrogen (secondary N) is 1. The maximum atomic E-state index is 13.1. The molecule has 0 aromatic heterocycles. The predicted octanol–water partition coefficient (Wildman–Crippen LogP) is 14.0. The van der Waals surface area contributed by atoms with Crippen LogP contribution in [0.1, 0.15) is 284 Å². The summed E-state index contributed by atoms with van der Waals surface area (Å²) < 4.78 is 47.8. The fraction of sp³-hybridized carbons (Fsp3) is 0.914. The molecule has 13 heteroatoms. The van der Waals surface area contributed by atoms with Crippen LogP contribution < -0.4 is 5.32 Å². The zero-order valence-electron chi connectivity index (χ0n) is 45.6. The molecule has 1 fully saturated rings. The zero-order valence-corrected chi connectivity index (χ0v) is 46.4. The maximum Gasteiger partial charge on any atom is 0.397 e. The number of amides is 1. The van der Waals surface area contributed by atoms with Gasteiger partial charge in [0.15, 0.2) is 6.29 Å². The molecule has 1 saturated heterocycles. The van der Waals surface area contributed by atoms with Crippen LogP contribution in [0.15, 0.2) is 24.3 Å². The Balaban J connectivity index is 2.24. The van der Waals surface area contributed by atoms with E-state index in [1.807, 2.05) is 6.08 Å². The minimum absolute atomic E-state index is 0.259. The average Bonchev–Trinajstić information content (AvgIpc) is 3.34. The quantitative estimate of drug-likeness (QED) is 0.0193. The Bertz CT molecular complexity index is 1350. The van der Waals surface area contributed by atoms with Gasteiger partial charge in [-0.3, -0.25) is 9.35 Å². The van der Waals surface area contributed by atoms with E-state index in [1.54, 1.807) is 6.08 Å². The molecule has 420 valence electrons. The third-order valence-electron chi connectivity index (χ3n) is 14.2. The molecule has 7 atom stereocenters. The highest BCUT2D eigenvalue weighted by Crippen LogP contribution is 2.26. The van der Waals surface area contributed by atoms with Crippen LogP contribution in [0.2, 0.25) is 0 Å². The second kappa shape index (κ2) is 48.2. The number of rotatable bonds is 52. The number of aliphatic hydroxyl groups is 4. The van der Waals surface area contributed by atoms with Crippen molar-refractivity contribution in [3.05, 3.63) is 24.3 Å². The number of hydrogen-bond donors (Lipinski definition) is 6. The molecule has 0 radical (unpaired) electrons. The van der Waals surface area contributed by atoms with Crippen molar-refractivity contribution in [2.75, 3.05) is 13.2 Å². The Kier molecular flexibility index (Phi) is 45.9. The molecule has 0 aliphatic carbocycles. The van der Waals surface area contributed by atoms with E-state index in [1.165, 1.54) is 218 Å².